The third kappa shape index (κ3) is 5.63. The molecule has 1 amide bonds. The Labute approximate surface area is 210 Å². The maximum Gasteiger partial charge on any atom is 0.227 e. The minimum Gasteiger partial charge on any atom is -0.348 e. The van der Waals surface area contributed by atoms with E-state index in [1.165, 1.54) is 0 Å². The first-order valence-corrected chi connectivity index (χ1v) is 12.5. The van der Waals surface area contributed by atoms with Crippen molar-refractivity contribution in [2.45, 2.75) is 51.6 Å². The summed E-state index contributed by atoms with van der Waals surface area (Å²) in [4.78, 5) is 18.2. The standard InChI is InChI=1S/C28H29Cl2N3O/c1-2-3-4-13-22(21-12-6-8-15-24(21)30)28(34)31-18-27-32-25-16-9-10-17-26(25)33(27)19-20-11-5-7-14-23(20)29/h5-12,14-17,22H,2-4,13,18-19H2,1H3,(H,31,34). The van der Waals surface area contributed by atoms with Crippen LogP contribution in [-0.4, -0.2) is 15.5 Å². The van der Waals surface area contributed by atoms with Crippen LogP contribution in [0.5, 0.6) is 0 Å². The van der Waals surface area contributed by atoms with Gasteiger partial charge in [-0.3, -0.25) is 4.79 Å². The zero-order valence-corrected chi connectivity index (χ0v) is 20.8. The summed E-state index contributed by atoms with van der Waals surface area (Å²) in [6.07, 6.45) is 3.93. The number of carbonyl (C=O) groups is 1. The first kappa shape index (κ1) is 24.3. The van der Waals surface area contributed by atoms with Crippen LogP contribution in [0.25, 0.3) is 11.0 Å². The molecule has 34 heavy (non-hydrogen) atoms. The lowest BCUT2D eigenvalue weighted by Gasteiger charge is -2.19. The summed E-state index contributed by atoms with van der Waals surface area (Å²) in [7, 11) is 0. The van der Waals surface area contributed by atoms with Gasteiger partial charge in [-0.1, -0.05) is 97.9 Å². The Kier molecular flexibility index (Phi) is 8.25. The highest BCUT2D eigenvalue weighted by molar-refractivity contribution is 6.31. The number of unbranched alkanes of at least 4 members (excludes halogenated alkanes) is 2. The molecule has 0 aliphatic carbocycles. The van der Waals surface area contributed by atoms with Gasteiger partial charge < -0.3 is 9.88 Å². The normalized spacial score (nSPS) is 12.1. The van der Waals surface area contributed by atoms with E-state index in [4.69, 9.17) is 28.2 Å². The lowest BCUT2D eigenvalue weighted by Crippen LogP contribution is -2.30. The van der Waals surface area contributed by atoms with Crippen molar-refractivity contribution >= 4 is 40.1 Å². The van der Waals surface area contributed by atoms with Crippen molar-refractivity contribution in [3.8, 4) is 0 Å². The van der Waals surface area contributed by atoms with E-state index in [0.29, 0.717) is 23.1 Å². The number of nitrogens with zero attached hydrogens (tertiary/aromatic N) is 2. The lowest BCUT2D eigenvalue weighted by atomic mass is 9.92. The van der Waals surface area contributed by atoms with Crippen molar-refractivity contribution in [2.75, 3.05) is 0 Å². The number of fused-ring (bicyclic) bond motifs is 1. The van der Waals surface area contributed by atoms with Gasteiger partial charge in [-0.05, 0) is 41.8 Å². The first-order valence-electron chi connectivity index (χ1n) is 11.8. The Balaban J connectivity index is 1.58. The minimum absolute atomic E-state index is 0.0273. The van der Waals surface area contributed by atoms with Crippen LogP contribution in [0.4, 0.5) is 0 Å². The molecule has 0 bridgehead atoms. The molecule has 1 atom stereocenters. The van der Waals surface area contributed by atoms with Crippen LogP contribution in [-0.2, 0) is 17.9 Å². The predicted octanol–water partition coefficient (Wildman–Crippen LogP) is 7.37. The molecule has 3 aromatic carbocycles. The summed E-state index contributed by atoms with van der Waals surface area (Å²) in [5, 5.41) is 4.48. The van der Waals surface area contributed by atoms with Gasteiger partial charge in [0.15, 0.2) is 0 Å². The summed E-state index contributed by atoms with van der Waals surface area (Å²) in [6, 6.07) is 23.4. The molecule has 0 aliphatic rings. The zero-order chi connectivity index (χ0) is 23.9. The van der Waals surface area contributed by atoms with Crippen LogP contribution in [0.3, 0.4) is 0 Å². The molecule has 0 spiro atoms. The Bertz CT molecular complexity index is 1270. The largest absolute Gasteiger partial charge is 0.348 e. The van der Waals surface area contributed by atoms with E-state index in [-0.39, 0.29) is 11.8 Å². The van der Waals surface area contributed by atoms with E-state index in [0.717, 1.165) is 53.7 Å². The predicted molar refractivity (Wildman–Crippen MR) is 140 cm³/mol. The number of nitrogens with one attached hydrogen (secondary N) is 1. The Morgan fingerprint density at radius 3 is 2.41 bits per heavy atom. The Hall–Kier alpha value is -2.82. The zero-order valence-electron chi connectivity index (χ0n) is 19.3. The molecule has 0 aliphatic heterocycles. The highest BCUT2D eigenvalue weighted by Gasteiger charge is 2.23. The van der Waals surface area contributed by atoms with Gasteiger partial charge in [0.1, 0.15) is 5.82 Å². The number of rotatable bonds is 10. The summed E-state index contributed by atoms with van der Waals surface area (Å²) in [5.41, 5.74) is 3.79. The minimum atomic E-state index is -0.290. The number of aromatic nitrogens is 2. The van der Waals surface area contributed by atoms with Gasteiger partial charge in [0.2, 0.25) is 5.91 Å². The SMILES string of the molecule is CCCCCC(C(=O)NCc1nc2ccccc2n1Cc1ccccc1Cl)c1ccccc1Cl. The second kappa shape index (κ2) is 11.5. The number of carbonyl (C=O) groups excluding carboxylic acids is 1. The number of amides is 1. The average molecular weight is 494 g/mol. The molecule has 4 rings (SSSR count). The molecule has 1 unspecified atom stereocenters. The van der Waals surface area contributed by atoms with Crippen LogP contribution < -0.4 is 5.32 Å². The topological polar surface area (TPSA) is 46.9 Å². The fourth-order valence-electron chi connectivity index (χ4n) is 4.31. The molecule has 0 fully saturated rings. The van der Waals surface area contributed by atoms with Crippen LogP contribution in [0.15, 0.2) is 72.8 Å². The van der Waals surface area contributed by atoms with Crippen LogP contribution >= 0.6 is 23.2 Å². The number of hydrogen-bond donors (Lipinski definition) is 1. The van der Waals surface area contributed by atoms with Gasteiger partial charge in [0, 0.05) is 10.0 Å². The van der Waals surface area contributed by atoms with E-state index >= 15 is 0 Å². The van der Waals surface area contributed by atoms with E-state index in [1.54, 1.807) is 0 Å². The fraction of sp³-hybridized carbons (Fsp3) is 0.286. The molecule has 1 aromatic heterocycles. The van der Waals surface area contributed by atoms with Crippen molar-refractivity contribution in [1.29, 1.82) is 0 Å². The number of imidazole rings is 1. The highest BCUT2D eigenvalue weighted by atomic mass is 35.5. The lowest BCUT2D eigenvalue weighted by molar-refractivity contribution is -0.123. The van der Waals surface area contributed by atoms with Crippen LogP contribution in [0.1, 0.15) is 55.5 Å². The maximum atomic E-state index is 13.4. The van der Waals surface area contributed by atoms with Crippen molar-refractivity contribution < 1.29 is 4.79 Å². The third-order valence-electron chi connectivity index (χ3n) is 6.13. The quantitative estimate of drug-likeness (QED) is 0.234. The van der Waals surface area contributed by atoms with Crippen LogP contribution in [0.2, 0.25) is 10.0 Å². The summed E-state index contributed by atoms with van der Waals surface area (Å²) >= 11 is 12.9. The van der Waals surface area contributed by atoms with Crippen LogP contribution in [0, 0.1) is 0 Å². The van der Waals surface area contributed by atoms with Gasteiger partial charge in [0.05, 0.1) is 30.0 Å². The first-order chi connectivity index (χ1) is 16.6. The smallest absolute Gasteiger partial charge is 0.227 e. The average Bonchev–Trinajstić information content (AvgIpc) is 3.20. The molecule has 6 heteroatoms. The van der Waals surface area contributed by atoms with Gasteiger partial charge in [0.25, 0.3) is 0 Å². The molecule has 176 valence electrons. The summed E-state index contributed by atoms with van der Waals surface area (Å²) in [5.74, 6) is 0.475. The molecule has 4 aromatic rings. The second-order valence-electron chi connectivity index (χ2n) is 8.48. The Morgan fingerprint density at radius 2 is 1.65 bits per heavy atom. The maximum absolute atomic E-state index is 13.4. The van der Waals surface area contributed by atoms with Crippen molar-refractivity contribution in [1.82, 2.24) is 14.9 Å². The monoisotopic (exact) mass is 493 g/mol. The molecule has 0 saturated carbocycles. The molecule has 1 N–H and O–H groups in total. The van der Waals surface area contributed by atoms with Gasteiger partial charge in [-0.2, -0.15) is 0 Å². The van der Waals surface area contributed by atoms with Crippen molar-refractivity contribution in [3.63, 3.8) is 0 Å². The molecule has 4 nitrogen and oxygen atoms in total. The third-order valence-corrected chi connectivity index (χ3v) is 6.85. The number of halogens is 2. The molecular weight excluding hydrogens is 465 g/mol. The molecular formula is C28H29Cl2N3O. The molecule has 0 saturated heterocycles. The Morgan fingerprint density at radius 1 is 0.941 bits per heavy atom. The fourth-order valence-corrected chi connectivity index (χ4v) is 4.77. The van der Waals surface area contributed by atoms with Crippen molar-refractivity contribution in [3.05, 3.63) is 99.8 Å². The van der Waals surface area contributed by atoms with E-state index < -0.39 is 0 Å². The van der Waals surface area contributed by atoms with Gasteiger partial charge >= 0.3 is 0 Å². The highest BCUT2D eigenvalue weighted by Crippen LogP contribution is 2.29. The van der Waals surface area contributed by atoms with E-state index in [2.05, 4.69) is 16.8 Å². The molecule has 1 heterocycles. The van der Waals surface area contributed by atoms with Crippen molar-refractivity contribution in [2.24, 2.45) is 0 Å². The summed E-state index contributed by atoms with van der Waals surface area (Å²) in [6.45, 7) is 3.07. The van der Waals surface area contributed by atoms with E-state index in [1.807, 2.05) is 72.8 Å². The summed E-state index contributed by atoms with van der Waals surface area (Å²) < 4.78 is 2.12. The number of para-hydroxylation sites is 2. The second-order valence-corrected chi connectivity index (χ2v) is 9.30. The van der Waals surface area contributed by atoms with E-state index in [9.17, 15) is 4.79 Å². The van der Waals surface area contributed by atoms with Gasteiger partial charge in [-0.15, -0.1) is 0 Å². The number of benzene rings is 3. The number of hydrogen-bond acceptors (Lipinski definition) is 2. The molecule has 0 radical (unpaired) electrons. The van der Waals surface area contributed by atoms with Gasteiger partial charge in [-0.25, -0.2) is 4.98 Å².